The molecule has 0 radical (unpaired) electrons. The van der Waals surface area contributed by atoms with E-state index >= 15 is 0 Å². The van der Waals surface area contributed by atoms with Gasteiger partial charge >= 0.3 is 0 Å². The molecule has 1 aromatic heterocycles. The van der Waals surface area contributed by atoms with Crippen LogP contribution in [-0.4, -0.2) is 4.98 Å². The van der Waals surface area contributed by atoms with Crippen LogP contribution in [0, 0.1) is 11.7 Å². The van der Waals surface area contributed by atoms with Gasteiger partial charge in [0, 0.05) is 17.1 Å². The Kier molecular flexibility index (Phi) is 3.97. The molecule has 1 heterocycles. The van der Waals surface area contributed by atoms with Gasteiger partial charge < -0.3 is 0 Å². The SMILES string of the molecule is CC(C)C(c1ccc(Cl)cc1)c1ncccc1F. The summed E-state index contributed by atoms with van der Waals surface area (Å²) in [5.41, 5.74) is 1.53. The van der Waals surface area contributed by atoms with Gasteiger partial charge in [-0.05, 0) is 35.7 Å². The number of hydrogen-bond acceptors (Lipinski definition) is 1. The molecule has 3 heteroatoms. The van der Waals surface area contributed by atoms with E-state index in [2.05, 4.69) is 18.8 Å². The highest BCUT2D eigenvalue weighted by Gasteiger charge is 2.22. The van der Waals surface area contributed by atoms with Crippen molar-refractivity contribution >= 4 is 11.6 Å². The van der Waals surface area contributed by atoms with Gasteiger partial charge in [-0.25, -0.2) is 4.39 Å². The summed E-state index contributed by atoms with van der Waals surface area (Å²) in [5, 5.41) is 0.683. The maximum Gasteiger partial charge on any atom is 0.145 e. The Labute approximate surface area is 112 Å². The maximum absolute atomic E-state index is 13.9. The van der Waals surface area contributed by atoms with Gasteiger partial charge in [0.2, 0.25) is 0 Å². The lowest BCUT2D eigenvalue weighted by Crippen LogP contribution is -2.12. The lowest BCUT2D eigenvalue weighted by atomic mass is 9.85. The number of benzene rings is 1. The van der Waals surface area contributed by atoms with Crippen molar-refractivity contribution in [2.24, 2.45) is 5.92 Å². The molecular weight excluding hydrogens is 249 g/mol. The molecule has 1 atom stereocenters. The summed E-state index contributed by atoms with van der Waals surface area (Å²) in [4.78, 5) is 4.19. The van der Waals surface area contributed by atoms with Gasteiger partial charge in [0.15, 0.2) is 0 Å². The third-order valence-corrected chi connectivity index (χ3v) is 3.23. The number of pyridine rings is 1. The van der Waals surface area contributed by atoms with Crippen molar-refractivity contribution in [3.63, 3.8) is 0 Å². The van der Waals surface area contributed by atoms with Gasteiger partial charge in [-0.2, -0.15) is 0 Å². The van der Waals surface area contributed by atoms with Gasteiger partial charge in [0.25, 0.3) is 0 Å². The highest BCUT2D eigenvalue weighted by molar-refractivity contribution is 6.30. The Morgan fingerprint density at radius 3 is 2.33 bits per heavy atom. The molecule has 0 aliphatic carbocycles. The summed E-state index contributed by atoms with van der Waals surface area (Å²) in [6.07, 6.45) is 1.63. The summed E-state index contributed by atoms with van der Waals surface area (Å²) in [5.74, 6) is -0.0507. The summed E-state index contributed by atoms with van der Waals surface area (Å²) in [6.45, 7) is 4.13. The molecule has 2 rings (SSSR count). The van der Waals surface area contributed by atoms with Gasteiger partial charge in [-0.3, -0.25) is 4.98 Å². The molecule has 2 aromatic rings. The van der Waals surface area contributed by atoms with Crippen LogP contribution in [0.3, 0.4) is 0 Å². The monoisotopic (exact) mass is 263 g/mol. The maximum atomic E-state index is 13.9. The van der Waals surface area contributed by atoms with E-state index < -0.39 is 0 Å². The van der Waals surface area contributed by atoms with E-state index in [4.69, 9.17) is 11.6 Å². The lowest BCUT2D eigenvalue weighted by molar-refractivity contribution is 0.509. The minimum absolute atomic E-state index is 0.0523. The van der Waals surface area contributed by atoms with Crippen molar-refractivity contribution < 1.29 is 4.39 Å². The highest BCUT2D eigenvalue weighted by atomic mass is 35.5. The molecule has 94 valence electrons. The van der Waals surface area contributed by atoms with Crippen molar-refractivity contribution in [1.29, 1.82) is 0 Å². The Hall–Kier alpha value is -1.41. The lowest BCUT2D eigenvalue weighted by Gasteiger charge is -2.21. The van der Waals surface area contributed by atoms with Crippen LogP contribution in [0.4, 0.5) is 4.39 Å². The zero-order valence-electron chi connectivity index (χ0n) is 10.4. The summed E-state index contributed by atoms with van der Waals surface area (Å²) < 4.78 is 13.9. The quantitative estimate of drug-likeness (QED) is 0.785. The van der Waals surface area contributed by atoms with Crippen molar-refractivity contribution in [2.75, 3.05) is 0 Å². The number of rotatable bonds is 3. The summed E-state index contributed by atoms with van der Waals surface area (Å²) in [6, 6.07) is 10.6. The van der Waals surface area contributed by atoms with Crippen molar-refractivity contribution in [3.05, 3.63) is 64.7 Å². The number of aromatic nitrogens is 1. The smallest absolute Gasteiger partial charge is 0.145 e. The first kappa shape index (κ1) is 13.0. The predicted molar refractivity (Wildman–Crippen MR) is 72.3 cm³/mol. The van der Waals surface area contributed by atoms with Crippen LogP contribution in [0.2, 0.25) is 5.02 Å². The van der Waals surface area contributed by atoms with Gasteiger partial charge in [-0.1, -0.05) is 37.6 Å². The molecule has 1 nitrogen and oxygen atoms in total. The second-order valence-corrected chi connectivity index (χ2v) is 5.08. The van der Waals surface area contributed by atoms with Crippen molar-refractivity contribution in [1.82, 2.24) is 4.98 Å². The summed E-state index contributed by atoms with van der Waals surface area (Å²) >= 11 is 5.88. The Bertz CT molecular complexity index is 522. The standard InChI is InChI=1S/C15H15ClFN/c1-10(2)14(11-5-7-12(16)8-6-11)15-13(17)4-3-9-18-15/h3-10,14H,1-2H3. The van der Waals surface area contributed by atoms with E-state index in [1.165, 1.54) is 6.07 Å². The van der Waals surface area contributed by atoms with E-state index in [-0.39, 0.29) is 17.7 Å². The molecule has 0 saturated heterocycles. The molecule has 0 aliphatic heterocycles. The average molecular weight is 264 g/mol. The van der Waals surface area contributed by atoms with Gasteiger partial charge in [0.05, 0.1) is 5.69 Å². The fourth-order valence-corrected chi connectivity index (χ4v) is 2.28. The molecular formula is C15H15ClFN. The molecule has 0 N–H and O–H groups in total. The number of nitrogens with zero attached hydrogens (tertiary/aromatic N) is 1. The van der Waals surface area contributed by atoms with Crippen LogP contribution >= 0.6 is 11.6 Å². The van der Waals surface area contributed by atoms with Crippen LogP contribution < -0.4 is 0 Å². The Morgan fingerprint density at radius 1 is 1.11 bits per heavy atom. The van der Waals surface area contributed by atoms with Gasteiger partial charge in [-0.15, -0.1) is 0 Å². The molecule has 18 heavy (non-hydrogen) atoms. The Morgan fingerprint density at radius 2 is 1.78 bits per heavy atom. The third-order valence-electron chi connectivity index (χ3n) is 2.98. The highest BCUT2D eigenvalue weighted by Crippen LogP contribution is 2.32. The second kappa shape index (κ2) is 5.49. The van der Waals surface area contributed by atoms with E-state index in [9.17, 15) is 4.39 Å². The van der Waals surface area contributed by atoms with E-state index in [1.807, 2.05) is 24.3 Å². The van der Waals surface area contributed by atoms with E-state index in [0.717, 1.165) is 5.56 Å². The molecule has 0 saturated carbocycles. The van der Waals surface area contributed by atoms with E-state index in [0.29, 0.717) is 10.7 Å². The average Bonchev–Trinajstić information content (AvgIpc) is 2.34. The zero-order chi connectivity index (χ0) is 13.1. The summed E-state index contributed by atoms with van der Waals surface area (Å²) in [7, 11) is 0. The first-order chi connectivity index (χ1) is 8.59. The third kappa shape index (κ3) is 2.70. The van der Waals surface area contributed by atoms with Crippen LogP contribution in [0.1, 0.15) is 31.0 Å². The van der Waals surface area contributed by atoms with Crippen molar-refractivity contribution in [3.8, 4) is 0 Å². The molecule has 0 bridgehead atoms. The number of halogens is 2. The Balaban J connectivity index is 2.47. The molecule has 1 unspecified atom stereocenters. The molecule has 0 aliphatic rings. The normalized spacial score (nSPS) is 12.7. The molecule has 0 amide bonds. The molecule has 0 spiro atoms. The first-order valence-electron chi connectivity index (χ1n) is 5.95. The molecule has 1 aromatic carbocycles. The fourth-order valence-electron chi connectivity index (χ4n) is 2.16. The van der Waals surface area contributed by atoms with Crippen LogP contribution in [0.5, 0.6) is 0 Å². The largest absolute Gasteiger partial charge is 0.258 e. The van der Waals surface area contributed by atoms with Crippen molar-refractivity contribution in [2.45, 2.75) is 19.8 Å². The first-order valence-corrected chi connectivity index (χ1v) is 6.33. The van der Waals surface area contributed by atoms with Gasteiger partial charge in [0.1, 0.15) is 5.82 Å². The second-order valence-electron chi connectivity index (χ2n) is 4.64. The van der Waals surface area contributed by atoms with Crippen LogP contribution in [0.15, 0.2) is 42.6 Å². The minimum Gasteiger partial charge on any atom is -0.258 e. The van der Waals surface area contributed by atoms with Crippen LogP contribution in [-0.2, 0) is 0 Å². The topological polar surface area (TPSA) is 12.9 Å². The molecule has 0 fully saturated rings. The van der Waals surface area contributed by atoms with Crippen LogP contribution in [0.25, 0.3) is 0 Å². The predicted octanol–water partition coefficient (Wildman–Crippen LogP) is 4.66. The number of hydrogen-bond donors (Lipinski definition) is 0. The van der Waals surface area contributed by atoms with E-state index in [1.54, 1.807) is 12.3 Å². The zero-order valence-corrected chi connectivity index (χ0v) is 11.2. The minimum atomic E-state index is -0.258. The fraction of sp³-hybridized carbons (Fsp3) is 0.267.